The zero-order valence-corrected chi connectivity index (χ0v) is 13.2. The Morgan fingerprint density at radius 1 is 1.00 bits per heavy atom. The third kappa shape index (κ3) is 2.43. The predicted molar refractivity (Wildman–Crippen MR) is 90.2 cm³/mol. The van der Waals surface area contributed by atoms with E-state index >= 15 is 0 Å². The fraction of sp³-hybridized carbons (Fsp3) is 0.300. The predicted octanol–water partition coefficient (Wildman–Crippen LogP) is 5.19. The van der Waals surface area contributed by atoms with Gasteiger partial charge in [0.15, 0.2) is 0 Å². The van der Waals surface area contributed by atoms with Gasteiger partial charge < -0.3 is 5.11 Å². The van der Waals surface area contributed by atoms with Crippen molar-refractivity contribution in [3.63, 3.8) is 0 Å². The molecule has 0 saturated heterocycles. The highest BCUT2D eigenvalue weighted by Gasteiger charge is 2.26. The normalized spacial score (nSPS) is 15.8. The van der Waals surface area contributed by atoms with Gasteiger partial charge in [-0.15, -0.1) is 0 Å². The molecular formula is C20H22O. The molecule has 1 heteroatoms. The summed E-state index contributed by atoms with van der Waals surface area (Å²) in [5.74, 6) is 0. The van der Waals surface area contributed by atoms with Gasteiger partial charge in [0.2, 0.25) is 0 Å². The molecule has 2 aromatic carbocycles. The molecule has 0 aliphatic heterocycles. The molecule has 1 aliphatic rings. The van der Waals surface area contributed by atoms with Crippen molar-refractivity contribution in [2.45, 2.75) is 39.7 Å². The van der Waals surface area contributed by atoms with Crippen molar-refractivity contribution in [1.29, 1.82) is 0 Å². The fourth-order valence-electron chi connectivity index (χ4n) is 3.42. The van der Waals surface area contributed by atoms with E-state index in [1.807, 2.05) is 26.0 Å². The van der Waals surface area contributed by atoms with E-state index in [1.165, 1.54) is 27.7 Å². The van der Waals surface area contributed by atoms with Crippen molar-refractivity contribution in [1.82, 2.24) is 0 Å². The summed E-state index contributed by atoms with van der Waals surface area (Å²) in [5.41, 5.74) is 5.41. The Labute approximate surface area is 126 Å². The van der Waals surface area contributed by atoms with E-state index in [2.05, 4.69) is 44.2 Å². The quantitative estimate of drug-likeness (QED) is 0.801. The fourth-order valence-corrected chi connectivity index (χ4v) is 3.42. The van der Waals surface area contributed by atoms with Crippen LogP contribution in [0.5, 0.6) is 0 Å². The second-order valence-corrected chi connectivity index (χ2v) is 6.60. The highest BCUT2D eigenvalue weighted by atomic mass is 16.3. The molecule has 0 amide bonds. The molecule has 0 fully saturated rings. The van der Waals surface area contributed by atoms with Crippen LogP contribution in [-0.2, 0) is 5.60 Å². The maximum absolute atomic E-state index is 10.7. The summed E-state index contributed by atoms with van der Waals surface area (Å²) >= 11 is 0. The van der Waals surface area contributed by atoms with Crippen LogP contribution in [0.25, 0.3) is 16.3 Å². The Hall–Kier alpha value is -1.86. The number of fused-ring (bicyclic) bond motifs is 1. The lowest BCUT2D eigenvalue weighted by molar-refractivity contribution is 0.0799. The first-order chi connectivity index (χ1) is 9.88. The van der Waals surface area contributed by atoms with Gasteiger partial charge in [0, 0.05) is 0 Å². The smallest absolute Gasteiger partial charge is 0.0852 e. The van der Waals surface area contributed by atoms with Gasteiger partial charge >= 0.3 is 0 Å². The second kappa shape index (κ2) is 4.85. The minimum atomic E-state index is -0.861. The SMILES string of the molecule is CC1=CC(C)=C(c2ccc3ccccc3c2C(C)(C)O)C1. The van der Waals surface area contributed by atoms with E-state index in [1.54, 1.807) is 0 Å². The van der Waals surface area contributed by atoms with Gasteiger partial charge in [-0.05, 0) is 67.2 Å². The summed E-state index contributed by atoms with van der Waals surface area (Å²) in [4.78, 5) is 0. The van der Waals surface area contributed by atoms with Crippen LogP contribution in [0.1, 0.15) is 45.2 Å². The van der Waals surface area contributed by atoms with Crippen LogP contribution in [-0.4, -0.2) is 5.11 Å². The van der Waals surface area contributed by atoms with Gasteiger partial charge in [-0.3, -0.25) is 0 Å². The van der Waals surface area contributed by atoms with E-state index in [4.69, 9.17) is 0 Å². The van der Waals surface area contributed by atoms with Crippen molar-refractivity contribution in [3.8, 4) is 0 Å². The third-order valence-corrected chi connectivity index (χ3v) is 4.26. The van der Waals surface area contributed by atoms with Crippen molar-refractivity contribution in [3.05, 3.63) is 64.7 Å². The van der Waals surface area contributed by atoms with Crippen molar-refractivity contribution >= 4 is 16.3 Å². The van der Waals surface area contributed by atoms with Gasteiger partial charge in [-0.1, -0.05) is 48.0 Å². The number of hydrogen-bond acceptors (Lipinski definition) is 1. The Morgan fingerprint density at radius 3 is 2.33 bits per heavy atom. The summed E-state index contributed by atoms with van der Waals surface area (Å²) in [5, 5.41) is 13.1. The summed E-state index contributed by atoms with van der Waals surface area (Å²) in [6.07, 6.45) is 3.23. The Balaban J connectivity index is 2.32. The van der Waals surface area contributed by atoms with Crippen molar-refractivity contribution in [2.75, 3.05) is 0 Å². The number of allylic oxidation sites excluding steroid dienone is 4. The van der Waals surface area contributed by atoms with E-state index in [0.29, 0.717) is 0 Å². The van der Waals surface area contributed by atoms with Gasteiger partial charge in [-0.25, -0.2) is 0 Å². The summed E-state index contributed by atoms with van der Waals surface area (Å²) in [6, 6.07) is 12.6. The molecule has 0 radical (unpaired) electrons. The van der Waals surface area contributed by atoms with Crippen LogP contribution in [0, 0.1) is 0 Å². The average molecular weight is 278 g/mol. The lowest BCUT2D eigenvalue weighted by Gasteiger charge is -2.25. The van der Waals surface area contributed by atoms with Crippen LogP contribution < -0.4 is 0 Å². The monoisotopic (exact) mass is 278 g/mol. The zero-order valence-electron chi connectivity index (χ0n) is 13.2. The highest BCUT2D eigenvalue weighted by molar-refractivity contribution is 5.92. The maximum atomic E-state index is 10.7. The standard InChI is InChI=1S/C20H22O/c1-13-11-14(2)18(12-13)17-10-9-15-7-5-6-8-16(15)19(17)20(3,4)21/h5-11,21H,12H2,1-4H3. The second-order valence-electron chi connectivity index (χ2n) is 6.60. The molecule has 1 nitrogen and oxygen atoms in total. The number of hydrogen-bond donors (Lipinski definition) is 1. The first-order valence-electron chi connectivity index (χ1n) is 7.50. The van der Waals surface area contributed by atoms with Crippen LogP contribution >= 0.6 is 0 Å². The lowest BCUT2D eigenvalue weighted by atomic mass is 9.84. The van der Waals surface area contributed by atoms with E-state index in [-0.39, 0.29) is 0 Å². The first kappa shape index (κ1) is 14.1. The summed E-state index contributed by atoms with van der Waals surface area (Å²) in [7, 11) is 0. The molecule has 0 unspecified atom stereocenters. The largest absolute Gasteiger partial charge is 0.386 e. The topological polar surface area (TPSA) is 20.2 Å². The summed E-state index contributed by atoms with van der Waals surface area (Å²) < 4.78 is 0. The minimum Gasteiger partial charge on any atom is -0.386 e. The molecule has 1 aliphatic carbocycles. The Kier molecular flexibility index (Phi) is 3.26. The van der Waals surface area contributed by atoms with Crippen LogP contribution in [0.3, 0.4) is 0 Å². The van der Waals surface area contributed by atoms with Crippen molar-refractivity contribution in [2.24, 2.45) is 0 Å². The van der Waals surface area contributed by atoms with Gasteiger partial charge in [0.05, 0.1) is 5.60 Å². The van der Waals surface area contributed by atoms with Crippen LogP contribution in [0.2, 0.25) is 0 Å². The molecule has 3 rings (SSSR count). The zero-order chi connectivity index (χ0) is 15.2. The van der Waals surface area contributed by atoms with Crippen LogP contribution in [0.15, 0.2) is 53.6 Å². The molecule has 0 aromatic heterocycles. The molecule has 21 heavy (non-hydrogen) atoms. The first-order valence-corrected chi connectivity index (χ1v) is 7.50. The van der Waals surface area contributed by atoms with Crippen LogP contribution in [0.4, 0.5) is 0 Å². The molecule has 2 aromatic rings. The molecule has 0 spiro atoms. The average Bonchev–Trinajstić information content (AvgIpc) is 2.75. The number of benzene rings is 2. The van der Waals surface area contributed by atoms with E-state index in [0.717, 1.165) is 17.4 Å². The molecule has 108 valence electrons. The van der Waals surface area contributed by atoms with Gasteiger partial charge in [-0.2, -0.15) is 0 Å². The maximum Gasteiger partial charge on any atom is 0.0852 e. The third-order valence-electron chi connectivity index (χ3n) is 4.26. The molecule has 0 saturated carbocycles. The minimum absolute atomic E-state index is 0.861. The summed E-state index contributed by atoms with van der Waals surface area (Å²) in [6.45, 7) is 8.09. The molecule has 1 N–H and O–H groups in total. The Bertz CT molecular complexity index is 770. The highest BCUT2D eigenvalue weighted by Crippen LogP contribution is 2.40. The molecular weight excluding hydrogens is 256 g/mol. The molecule has 0 heterocycles. The van der Waals surface area contributed by atoms with E-state index in [9.17, 15) is 5.11 Å². The van der Waals surface area contributed by atoms with E-state index < -0.39 is 5.60 Å². The Morgan fingerprint density at radius 2 is 1.71 bits per heavy atom. The van der Waals surface area contributed by atoms with Crippen molar-refractivity contribution < 1.29 is 5.11 Å². The lowest BCUT2D eigenvalue weighted by Crippen LogP contribution is -2.18. The molecule has 0 atom stereocenters. The number of aliphatic hydroxyl groups is 1. The van der Waals surface area contributed by atoms with Gasteiger partial charge in [0.1, 0.15) is 0 Å². The number of rotatable bonds is 2. The van der Waals surface area contributed by atoms with Gasteiger partial charge in [0.25, 0.3) is 0 Å². The molecule has 0 bridgehead atoms.